The molecule has 1 atom stereocenters. The van der Waals surface area contributed by atoms with Gasteiger partial charge >= 0.3 is 12.1 Å². The van der Waals surface area contributed by atoms with E-state index in [0.29, 0.717) is 36.8 Å². The Morgan fingerprint density at radius 3 is 2.55 bits per heavy atom. The number of nitrogens with zero attached hydrogens (tertiary/aromatic N) is 5. The van der Waals surface area contributed by atoms with E-state index in [4.69, 9.17) is 19.4 Å². The highest BCUT2D eigenvalue weighted by Gasteiger charge is 2.32. The van der Waals surface area contributed by atoms with Crippen LogP contribution >= 0.6 is 0 Å². The van der Waals surface area contributed by atoms with Crippen LogP contribution in [-0.4, -0.2) is 67.0 Å². The van der Waals surface area contributed by atoms with Crippen molar-refractivity contribution in [2.45, 2.75) is 58.7 Å². The molecule has 1 aliphatic carbocycles. The molecule has 1 N–H and O–H groups in total. The Morgan fingerprint density at radius 2 is 1.85 bits per heavy atom. The average molecular weight is 546 g/mol. The van der Waals surface area contributed by atoms with Crippen LogP contribution in [0.2, 0.25) is 0 Å². The van der Waals surface area contributed by atoms with E-state index in [-0.39, 0.29) is 17.6 Å². The van der Waals surface area contributed by atoms with E-state index < -0.39 is 11.6 Å². The van der Waals surface area contributed by atoms with Crippen molar-refractivity contribution in [3.63, 3.8) is 0 Å². The van der Waals surface area contributed by atoms with Crippen LogP contribution in [0.5, 0.6) is 5.75 Å². The smallest absolute Gasteiger partial charge is 0.410 e. The van der Waals surface area contributed by atoms with Gasteiger partial charge in [-0.1, -0.05) is 0 Å². The van der Waals surface area contributed by atoms with Gasteiger partial charge < -0.3 is 28.6 Å². The summed E-state index contributed by atoms with van der Waals surface area (Å²) in [5.41, 5.74) is 2.73. The molecule has 6 rings (SSSR count). The number of amides is 1. The number of carbonyl (C=O) groups excluding carboxylic acids is 1. The first-order chi connectivity index (χ1) is 19.1. The number of rotatable bonds is 7. The number of ether oxygens (including phenoxy) is 2. The highest BCUT2D eigenvalue weighted by atomic mass is 16.6. The van der Waals surface area contributed by atoms with Crippen LogP contribution < -0.4 is 4.74 Å². The first-order valence-corrected chi connectivity index (χ1v) is 13.9. The molecular formula is C30H35N5O5. The number of methoxy groups -OCH3 is 1. The Kier molecular flexibility index (Phi) is 6.43. The van der Waals surface area contributed by atoms with Gasteiger partial charge in [-0.15, -0.1) is 0 Å². The highest BCUT2D eigenvalue weighted by Crippen LogP contribution is 2.38. The summed E-state index contributed by atoms with van der Waals surface area (Å²) in [7, 11) is 1.55. The number of benzene rings is 1. The summed E-state index contributed by atoms with van der Waals surface area (Å²) in [5, 5.41) is 10.8. The lowest BCUT2D eigenvalue weighted by Gasteiger charge is -2.24. The molecule has 1 saturated carbocycles. The van der Waals surface area contributed by atoms with Gasteiger partial charge in [0.05, 0.1) is 23.9 Å². The lowest BCUT2D eigenvalue weighted by Crippen LogP contribution is -2.35. The van der Waals surface area contributed by atoms with Gasteiger partial charge in [-0.3, -0.25) is 0 Å². The van der Waals surface area contributed by atoms with Crippen LogP contribution in [0.4, 0.5) is 4.79 Å². The van der Waals surface area contributed by atoms with Crippen LogP contribution in [0.1, 0.15) is 50.4 Å². The number of carbonyl (C=O) groups is 2. The molecule has 1 aliphatic heterocycles. The summed E-state index contributed by atoms with van der Waals surface area (Å²) < 4.78 is 15.7. The third-order valence-corrected chi connectivity index (χ3v) is 7.67. The fraction of sp³-hybridized carbons (Fsp3) is 0.467. The Labute approximate surface area is 232 Å². The van der Waals surface area contributed by atoms with Crippen molar-refractivity contribution in [3.8, 4) is 17.3 Å². The molecule has 210 valence electrons. The minimum atomic E-state index is -1.04. The molecule has 1 amide bonds. The van der Waals surface area contributed by atoms with Crippen LogP contribution in [0.15, 0.2) is 36.5 Å². The van der Waals surface area contributed by atoms with E-state index in [1.807, 2.05) is 33.0 Å². The summed E-state index contributed by atoms with van der Waals surface area (Å²) >= 11 is 0. The number of aromatic nitrogens is 4. The van der Waals surface area contributed by atoms with Crippen molar-refractivity contribution >= 4 is 34.1 Å². The minimum Gasteiger partial charge on any atom is -0.494 e. The summed E-state index contributed by atoms with van der Waals surface area (Å²) in [4.78, 5) is 36.1. The van der Waals surface area contributed by atoms with Gasteiger partial charge in [-0.25, -0.2) is 19.6 Å². The summed E-state index contributed by atoms with van der Waals surface area (Å²) in [5.74, 6) is 0.933. The van der Waals surface area contributed by atoms with Crippen molar-refractivity contribution in [3.05, 3.63) is 42.1 Å². The van der Waals surface area contributed by atoms with Crippen LogP contribution in [0.3, 0.4) is 0 Å². The molecule has 2 fully saturated rings. The molecular weight excluding hydrogens is 510 g/mol. The van der Waals surface area contributed by atoms with Crippen LogP contribution in [0.25, 0.3) is 33.6 Å². The predicted molar refractivity (Wildman–Crippen MR) is 151 cm³/mol. The zero-order valence-corrected chi connectivity index (χ0v) is 23.4. The molecule has 10 heteroatoms. The summed E-state index contributed by atoms with van der Waals surface area (Å²) in [6.07, 6.45) is 4.72. The first-order valence-electron chi connectivity index (χ1n) is 13.9. The number of hydrogen-bond acceptors (Lipinski definition) is 6. The van der Waals surface area contributed by atoms with Gasteiger partial charge in [0.2, 0.25) is 0 Å². The fourth-order valence-electron chi connectivity index (χ4n) is 5.63. The molecule has 4 aromatic rings. The lowest BCUT2D eigenvalue weighted by atomic mass is 10.1. The maximum atomic E-state index is 12.8. The van der Waals surface area contributed by atoms with Gasteiger partial charge in [0.25, 0.3) is 0 Å². The second-order valence-electron chi connectivity index (χ2n) is 12.0. The summed E-state index contributed by atoms with van der Waals surface area (Å²) in [6, 6.07) is 9.27. The fourth-order valence-corrected chi connectivity index (χ4v) is 5.63. The van der Waals surface area contributed by atoms with Gasteiger partial charge in [-0.05, 0) is 82.2 Å². The Hall–Kier alpha value is -4.08. The third kappa shape index (κ3) is 4.98. The van der Waals surface area contributed by atoms with Crippen molar-refractivity contribution < 1.29 is 24.2 Å². The zero-order chi connectivity index (χ0) is 28.2. The van der Waals surface area contributed by atoms with Crippen molar-refractivity contribution in [1.82, 2.24) is 24.0 Å². The third-order valence-electron chi connectivity index (χ3n) is 7.67. The molecule has 1 aromatic carbocycles. The van der Waals surface area contributed by atoms with Crippen molar-refractivity contribution in [2.75, 3.05) is 20.2 Å². The number of fused-ring (bicyclic) bond motifs is 2. The van der Waals surface area contributed by atoms with E-state index in [2.05, 4.69) is 21.3 Å². The molecule has 0 bridgehead atoms. The quantitative estimate of drug-likeness (QED) is 0.330. The maximum Gasteiger partial charge on any atom is 0.410 e. The second kappa shape index (κ2) is 9.83. The standard InChI is InChI=1S/C30H35N5O5/c1-30(2,3)40-29(38)33-11-9-19(15-33)17-35-25-22(12-21(28(36)37)14-24(25)39-4)32-27(35)23-13-20-6-5-10-31-26(20)34(23)16-18-7-8-18/h5-6,10,12-14,18-19H,7-9,11,15-17H2,1-4H3,(H,36,37)/t19-/m0/s1. The normalized spacial score (nSPS) is 17.6. The Balaban J connectivity index is 1.46. The molecule has 0 unspecified atom stereocenters. The van der Waals surface area contributed by atoms with Gasteiger partial charge in [-0.2, -0.15) is 0 Å². The van der Waals surface area contributed by atoms with Gasteiger partial charge in [0, 0.05) is 37.8 Å². The van der Waals surface area contributed by atoms with Gasteiger partial charge in [0.15, 0.2) is 5.82 Å². The largest absolute Gasteiger partial charge is 0.494 e. The monoisotopic (exact) mass is 545 g/mol. The molecule has 40 heavy (non-hydrogen) atoms. The number of carboxylic acids is 1. The molecule has 2 aliphatic rings. The maximum absolute atomic E-state index is 12.8. The van der Waals surface area contributed by atoms with E-state index >= 15 is 0 Å². The molecule has 4 heterocycles. The SMILES string of the molecule is COc1cc(C(=O)O)cc2nc(-c3cc4cccnc4n3CC3CC3)n(C[C@H]3CCN(C(=O)OC(C)(C)C)C3)c12. The Morgan fingerprint density at radius 1 is 1.07 bits per heavy atom. The average Bonchev–Trinajstić information content (AvgIpc) is 3.31. The number of pyridine rings is 1. The lowest BCUT2D eigenvalue weighted by molar-refractivity contribution is 0.0287. The number of carboxylic acid groups (broad SMARTS) is 1. The number of imidazole rings is 1. The first kappa shape index (κ1) is 26.2. The highest BCUT2D eigenvalue weighted by molar-refractivity contribution is 5.96. The van der Waals surface area contributed by atoms with Crippen LogP contribution in [-0.2, 0) is 17.8 Å². The van der Waals surface area contributed by atoms with E-state index in [1.54, 1.807) is 24.1 Å². The van der Waals surface area contributed by atoms with Gasteiger partial charge in [0.1, 0.15) is 22.5 Å². The Bertz CT molecular complexity index is 1610. The molecule has 3 aromatic heterocycles. The minimum absolute atomic E-state index is 0.123. The van der Waals surface area contributed by atoms with E-state index in [0.717, 1.165) is 41.0 Å². The molecule has 0 radical (unpaired) electrons. The van der Waals surface area contributed by atoms with E-state index in [9.17, 15) is 14.7 Å². The van der Waals surface area contributed by atoms with Crippen LogP contribution in [0, 0.1) is 11.8 Å². The van der Waals surface area contributed by atoms with Crippen molar-refractivity contribution in [2.24, 2.45) is 11.8 Å². The number of likely N-dealkylation sites (tertiary alicyclic amines) is 1. The van der Waals surface area contributed by atoms with Crippen molar-refractivity contribution in [1.29, 1.82) is 0 Å². The molecule has 10 nitrogen and oxygen atoms in total. The van der Waals surface area contributed by atoms with E-state index in [1.165, 1.54) is 12.8 Å². The molecule has 1 saturated heterocycles. The predicted octanol–water partition coefficient (Wildman–Crippen LogP) is 5.43. The number of hydrogen-bond donors (Lipinski definition) is 1. The molecule has 0 spiro atoms. The number of aromatic carboxylic acids is 1. The topological polar surface area (TPSA) is 112 Å². The summed E-state index contributed by atoms with van der Waals surface area (Å²) in [6.45, 7) is 8.24. The zero-order valence-electron chi connectivity index (χ0n) is 23.4. The second-order valence-corrected chi connectivity index (χ2v) is 12.0.